The van der Waals surface area contributed by atoms with E-state index in [1.807, 2.05) is 18.2 Å². The maximum Gasteiger partial charge on any atom is 0.125 e. The van der Waals surface area contributed by atoms with Gasteiger partial charge in [0.05, 0.1) is 6.10 Å². The molecule has 0 saturated heterocycles. The molecule has 1 rings (SSSR count). The molecule has 0 aliphatic rings. The van der Waals surface area contributed by atoms with Crippen LogP contribution in [0.1, 0.15) is 18.6 Å². The normalized spacial score (nSPS) is 15.0. The van der Waals surface area contributed by atoms with Crippen LogP contribution in [0.5, 0.6) is 0 Å². The van der Waals surface area contributed by atoms with Crippen LogP contribution in [0.3, 0.4) is 0 Å². The Morgan fingerprint density at radius 2 is 2.08 bits per heavy atom. The van der Waals surface area contributed by atoms with E-state index in [4.69, 9.17) is 0 Å². The van der Waals surface area contributed by atoms with Crippen LogP contribution in [0.15, 0.2) is 28.7 Å². The molecule has 3 heteroatoms. The highest BCUT2D eigenvalue weighted by Crippen LogP contribution is 2.27. The van der Waals surface area contributed by atoms with Crippen molar-refractivity contribution in [2.24, 2.45) is 5.92 Å². The van der Waals surface area contributed by atoms with Crippen molar-refractivity contribution >= 4 is 22.2 Å². The number of hydrogen-bond acceptors (Lipinski definition) is 2. The summed E-state index contributed by atoms with van der Waals surface area (Å²) in [5, 5.41) is 9.71. The molecule has 2 atom stereocenters. The molecule has 2 nitrogen and oxygen atoms in total. The van der Waals surface area contributed by atoms with Crippen LogP contribution in [0.4, 0.5) is 0 Å². The topological polar surface area (TPSA) is 37.3 Å². The van der Waals surface area contributed by atoms with Crippen molar-refractivity contribution in [2.75, 3.05) is 0 Å². The second-order valence-electron chi connectivity index (χ2n) is 2.96. The summed E-state index contributed by atoms with van der Waals surface area (Å²) in [6.07, 6.45) is 0.0254. The summed E-state index contributed by atoms with van der Waals surface area (Å²) < 4.78 is 0.830. The first kappa shape index (κ1) is 10.4. The molecule has 1 aromatic rings. The number of hydrogen-bond donors (Lipinski definition) is 1. The van der Waals surface area contributed by atoms with Gasteiger partial charge in [0.2, 0.25) is 0 Å². The Morgan fingerprint density at radius 1 is 1.46 bits per heavy atom. The van der Waals surface area contributed by atoms with Gasteiger partial charge in [-0.05, 0) is 11.6 Å². The second kappa shape index (κ2) is 4.53. The zero-order valence-corrected chi connectivity index (χ0v) is 8.86. The van der Waals surface area contributed by atoms with E-state index in [2.05, 4.69) is 15.9 Å². The van der Waals surface area contributed by atoms with Crippen molar-refractivity contribution in [3.8, 4) is 0 Å². The summed E-state index contributed by atoms with van der Waals surface area (Å²) in [5.74, 6) is -0.376. The summed E-state index contributed by atoms with van der Waals surface area (Å²) in [7, 11) is 0. The molecule has 13 heavy (non-hydrogen) atoms. The Hall–Kier alpha value is -0.670. The number of carbonyl (C=O) groups excluding carboxylic acids is 1. The third kappa shape index (κ3) is 2.39. The zero-order valence-electron chi connectivity index (χ0n) is 7.27. The smallest absolute Gasteiger partial charge is 0.125 e. The molecule has 0 aliphatic carbocycles. The van der Waals surface area contributed by atoms with Crippen LogP contribution in [-0.4, -0.2) is 11.4 Å². The van der Waals surface area contributed by atoms with Gasteiger partial charge in [-0.1, -0.05) is 41.1 Å². The third-order valence-corrected chi connectivity index (χ3v) is 2.66. The highest BCUT2D eigenvalue weighted by molar-refractivity contribution is 9.10. The highest BCUT2D eigenvalue weighted by Gasteiger charge is 2.17. The fourth-order valence-corrected chi connectivity index (χ4v) is 1.59. The first-order chi connectivity index (χ1) is 6.16. The van der Waals surface area contributed by atoms with E-state index in [-0.39, 0.29) is 5.92 Å². The maximum absolute atomic E-state index is 10.5. The molecule has 0 saturated carbocycles. The standard InChI is InChI=1S/C10H11BrO2/c1-7(6-12)10(13)8-4-2-3-5-9(8)11/h2-7,10,13H,1H3/t7-,10+/m1/s1. The summed E-state index contributed by atoms with van der Waals surface area (Å²) in [6, 6.07) is 7.34. The minimum atomic E-state index is -0.729. The van der Waals surface area contributed by atoms with E-state index in [0.717, 1.165) is 16.3 Å². The fourth-order valence-electron chi connectivity index (χ4n) is 1.07. The van der Waals surface area contributed by atoms with Crippen LogP contribution >= 0.6 is 15.9 Å². The van der Waals surface area contributed by atoms with E-state index in [0.29, 0.717) is 0 Å². The van der Waals surface area contributed by atoms with Gasteiger partial charge in [0.1, 0.15) is 6.29 Å². The third-order valence-electron chi connectivity index (χ3n) is 1.94. The first-order valence-corrected chi connectivity index (χ1v) is 4.84. The molecule has 70 valence electrons. The highest BCUT2D eigenvalue weighted by atomic mass is 79.9. The number of halogens is 1. The van der Waals surface area contributed by atoms with Gasteiger partial charge < -0.3 is 9.90 Å². The van der Waals surface area contributed by atoms with Crippen molar-refractivity contribution in [1.82, 2.24) is 0 Å². The summed E-state index contributed by atoms with van der Waals surface area (Å²) in [5.41, 5.74) is 0.752. The van der Waals surface area contributed by atoms with Crippen molar-refractivity contribution in [3.05, 3.63) is 34.3 Å². The number of benzene rings is 1. The van der Waals surface area contributed by atoms with Crippen molar-refractivity contribution in [2.45, 2.75) is 13.0 Å². The Bertz CT molecular complexity index is 299. The van der Waals surface area contributed by atoms with Crippen molar-refractivity contribution in [3.63, 3.8) is 0 Å². The summed E-state index contributed by atoms with van der Waals surface area (Å²) in [6.45, 7) is 1.69. The van der Waals surface area contributed by atoms with Crippen molar-refractivity contribution < 1.29 is 9.90 Å². The summed E-state index contributed by atoms with van der Waals surface area (Å²) >= 11 is 3.32. The lowest BCUT2D eigenvalue weighted by Crippen LogP contribution is -2.10. The SMILES string of the molecule is C[C@H](C=O)[C@H](O)c1ccccc1Br. The van der Waals surface area contributed by atoms with E-state index in [1.165, 1.54) is 0 Å². The lowest BCUT2D eigenvalue weighted by Gasteiger charge is -2.14. The minimum Gasteiger partial charge on any atom is -0.388 e. The number of aliphatic hydroxyl groups excluding tert-OH is 1. The Morgan fingerprint density at radius 3 is 2.62 bits per heavy atom. The molecular weight excluding hydrogens is 232 g/mol. The van der Waals surface area contributed by atoms with Gasteiger partial charge in [-0.2, -0.15) is 0 Å². The molecule has 0 radical (unpaired) electrons. The van der Waals surface area contributed by atoms with Crippen LogP contribution in [0.25, 0.3) is 0 Å². The van der Waals surface area contributed by atoms with Gasteiger partial charge in [-0.3, -0.25) is 0 Å². The Balaban J connectivity index is 2.94. The van der Waals surface area contributed by atoms with Gasteiger partial charge in [0.25, 0.3) is 0 Å². The number of aldehydes is 1. The molecule has 0 fully saturated rings. The van der Waals surface area contributed by atoms with Crippen molar-refractivity contribution in [1.29, 1.82) is 0 Å². The molecule has 0 amide bonds. The fraction of sp³-hybridized carbons (Fsp3) is 0.300. The molecule has 1 N–H and O–H groups in total. The lowest BCUT2D eigenvalue weighted by molar-refractivity contribution is -0.113. The van der Waals surface area contributed by atoms with Crippen LogP contribution in [0.2, 0.25) is 0 Å². The predicted octanol–water partition coefficient (Wildman–Crippen LogP) is 2.32. The molecular formula is C10H11BrO2. The maximum atomic E-state index is 10.5. The van der Waals surface area contributed by atoms with Gasteiger partial charge >= 0.3 is 0 Å². The van der Waals surface area contributed by atoms with E-state index in [9.17, 15) is 9.90 Å². The number of rotatable bonds is 3. The molecule has 0 heterocycles. The Kier molecular flexibility index (Phi) is 3.63. The Labute approximate surface area is 85.7 Å². The van der Waals surface area contributed by atoms with E-state index < -0.39 is 6.10 Å². The molecule has 0 aromatic heterocycles. The monoisotopic (exact) mass is 242 g/mol. The average molecular weight is 243 g/mol. The molecule has 0 bridgehead atoms. The van der Waals surface area contributed by atoms with Gasteiger partial charge in [0, 0.05) is 10.4 Å². The number of aliphatic hydroxyl groups is 1. The predicted molar refractivity (Wildman–Crippen MR) is 54.3 cm³/mol. The van der Waals surface area contributed by atoms with Gasteiger partial charge in [0.15, 0.2) is 0 Å². The molecule has 0 aliphatic heterocycles. The average Bonchev–Trinajstić information content (AvgIpc) is 2.16. The quantitative estimate of drug-likeness (QED) is 0.827. The lowest BCUT2D eigenvalue weighted by atomic mass is 9.99. The van der Waals surface area contributed by atoms with E-state index >= 15 is 0 Å². The first-order valence-electron chi connectivity index (χ1n) is 4.04. The molecule has 0 unspecified atom stereocenters. The summed E-state index contributed by atoms with van der Waals surface area (Å²) in [4.78, 5) is 10.5. The second-order valence-corrected chi connectivity index (χ2v) is 3.82. The molecule has 1 aromatic carbocycles. The van der Waals surface area contributed by atoms with Gasteiger partial charge in [-0.15, -0.1) is 0 Å². The van der Waals surface area contributed by atoms with Crippen LogP contribution in [-0.2, 0) is 4.79 Å². The molecule has 0 spiro atoms. The van der Waals surface area contributed by atoms with E-state index in [1.54, 1.807) is 13.0 Å². The zero-order chi connectivity index (χ0) is 9.84. The van der Waals surface area contributed by atoms with Crippen LogP contribution < -0.4 is 0 Å². The largest absolute Gasteiger partial charge is 0.388 e. The van der Waals surface area contributed by atoms with Gasteiger partial charge in [-0.25, -0.2) is 0 Å². The number of carbonyl (C=O) groups is 1. The van der Waals surface area contributed by atoms with Crippen LogP contribution in [0, 0.1) is 5.92 Å². The minimum absolute atomic E-state index is 0.376.